The second-order valence-electron chi connectivity index (χ2n) is 5.10. The molecule has 2 N–H and O–H groups in total. The number of hydrogen-bond acceptors (Lipinski definition) is 2. The van der Waals surface area contributed by atoms with Gasteiger partial charge in [0, 0.05) is 24.6 Å². The first-order valence-corrected chi connectivity index (χ1v) is 6.44. The van der Waals surface area contributed by atoms with Gasteiger partial charge in [-0.3, -0.25) is 0 Å². The summed E-state index contributed by atoms with van der Waals surface area (Å²) in [7, 11) is 0. The predicted octanol–water partition coefficient (Wildman–Crippen LogP) is 3.26. The van der Waals surface area contributed by atoms with Crippen LogP contribution in [0.25, 0.3) is 0 Å². The summed E-state index contributed by atoms with van der Waals surface area (Å²) in [4.78, 5) is 0. The summed E-state index contributed by atoms with van der Waals surface area (Å²) < 4.78 is 13.6. The molecule has 0 saturated heterocycles. The maximum absolute atomic E-state index is 13.1. The Morgan fingerprint density at radius 1 is 1.47 bits per heavy atom. The smallest absolute Gasteiger partial charge is 0.137 e. The van der Waals surface area contributed by atoms with Gasteiger partial charge in [-0.05, 0) is 40.5 Å². The van der Waals surface area contributed by atoms with E-state index in [1.54, 1.807) is 12.1 Å². The van der Waals surface area contributed by atoms with Crippen LogP contribution in [0, 0.1) is 11.2 Å². The van der Waals surface area contributed by atoms with Crippen LogP contribution >= 0.6 is 15.9 Å². The SMILES string of the molecule is CC(NCC(C)(C)CO)c1ccc(F)c(Br)c1. The van der Waals surface area contributed by atoms with Crippen molar-refractivity contribution < 1.29 is 9.50 Å². The number of aliphatic hydroxyl groups excluding tert-OH is 1. The Balaban J connectivity index is 2.64. The van der Waals surface area contributed by atoms with Crippen molar-refractivity contribution in [2.24, 2.45) is 5.41 Å². The lowest BCUT2D eigenvalue weighted by atomic mass is 9.94. The van der Waals surface area contributed by atoms with Crippen molar-refractivity contribution in [2.45, 2.75) is 26.8 Å². The van der Waals surface area contributed by atoms with Gasteiger partial charge in [-0.15, -0.1) is 0 Å². The lowest BCUT2D eigenvalue weighted by Crippen LogP contribution is -2.33. The first kappa shape index (κ1) is 14.6. The topological polar surface area (TPSA) is 32.3 Å². The third-order valence-corrected chi connectivity index (χ3v) is 3.37. The van der Waals surface area contributed by atoms with Gasteiger partial charge in [-0.25, -0.2) is 4.39 Å². The van der Waals surface area contributed by atoms with Gasteiger partial charge in [0.2, 0.25) is 0 Å². The van der Waals surface area contributed by atoms with Crippen molar-refractivity contribution in [3.63, 3.8) is 0 Å². The lowest BCUT2D eigenvalue weighted by molar-refractivity contribution is 0.154. The van der Waals surface area contributed by atoms with Crippen molar-refractivity contribution in [1.82, 2.24) is 5.32 Å². The maximum atomic E-state index is 13.1. The van der Waals surface area contributed by atoms with Crippen LogP contribution in [0.3, 0.4) is 0 Å². The van der Waals surface area contributed by atoms with E-state index in [0.29, 0.717) is 11.0 Å². The van der Waals surface area contributed by atoms with Crippen molar-refractivity contribution in [3.05, 3.63) is 34.1 Å². The lowest BCUT2D eigenvalue weighted by Gasteiger charge is -2.25. The van der Waals surface area contributed by atoms with E-state index in [1.165, 1.54) is 6.07 Å². The van der Waals surface area contributed by atoms with E-state index in [4.69, 9.17) is 5.11 Å². The van der Waals surface area contributed by atoms with Crippen LogP contribution < -0.4 is 5.32 Å². The van der Waals surface area contributed by atoms with E-state index in [9.17, 15) is 4.39 Å². The first-order valence-electron chi connectivity index (χ1n) is 5.65. The molecule has 0 radical (unpaired) electrons. The van der Waals surface area contributed by atoms with E-state index in [0.717, 1.165) is 5.56 Å². The fourth-order valence-electron chi connectivity index (χ4n) is 1.38. The average Bonchev–Trinajstić information content (AvgIpc) is 2.30. The molecule has 2 nitrogen and oxygen atoms in total. The maximum Gasteiger partial charge on any atom is 0.137 e. The molecule has 0 fully saturated rings. The van der Waals surface area contributed by atoms with Crippen LogP contribution in [0.4, 0.5) is 4.39 Å². The Hall–Kier alpha value is -0.450. The second-order valence-corrected chi connectivity index (χ2v) is 5.95. The highest BCUT2D eigenvalue weighted by atomic mass is 79.9. The van der Waals surface area contributed by atoms with E-state index >= 15 is 0 Å². The number of halogens is 2. The third-order valence-electron chi connectivity index (χ3n) is 2.76. The molecule has 1 unspecified atom stereocenters. The molecule has 1 rings (SSSR count). The van der Waals surface area contributed by atoms with E-state index in [-0.39, 0.29) is 23.9 Å². The molecule has 17 heavy (non-hydrogen) atoms. The first-order chi connectivity index (χ1) is 7.85. The highest BCUT2D eigenvalue weighted by Gasteiger charge is 2.17. The van der Waals surface area contributed by atoms with Gasteiger partial charge >= 0.3 is 0 Å². The normalized spacial score (nSPS) is 13.8. The molecule has 0 aromatic heterocycles. The van der Waals surface area contributed by atoms with Gasteiger partial charge in [0.1, 0.15) is 5.82 Å². The summed E-state index contributed by atoms with van der Waals surface area (Å²) in [5, 5.41) is 12.5. The van der Waals surface area contributed by atoms with Gasteiger partial charge in [0.05, 0.1) is 4.47 Å². The van der Waals surface area contributed by atoms with Crippen LogP contribution in [0.2, 0.25) is 0 Å². The molecular formula is C13H19BrFNO. The summed E-state index contributed by atoms with van der Waals surface area (Å²) in [6, 6.07) is 5.12. The molecular weight excluding hydrogens is 285 g/mol. The minimum Gasteiger partial charge on any atom is -0.396 e. The number of rotatable bonds is 5. The van der Waals surface area contributed by atoms with E-state index in [1.807, 2.05) is 20.8 Å². The highest BCUT2D eigenvalue weighted by molar-refractivity contribution is 9.10. The molecule has 0 amide bonds. The third kappa shape index (κ3) is 4.37. The van der Waals surface area contributed by atoms with Crippen LogP contribution in [0.1, 0.15) is 32.4 Å². The fourth-order valence-corrected chi connectivity index (χ4v) is 1.78. The van der Waals surface area contributed by atoms with E-state index in [2.05, 4.69) is 21.2 Å². The molecule has 96 valence electrons. The summed E-state index contributed by atoms with van der Waals surface area (Å²) >= 11 is 3.18. The molecule has 1 aromatic rings. The Morgan fingerprint density at radius 2 is 2.12 bits per heavy atom. The zero-order valence-electron chi connectivity index (χ0n) is 10.4. The van der Waals surface area contributed by atoms with Crippen LogP contribution in [-0.4, -0.2) is 18.3 Å². The quantitative estimate of drug-likeness (QED) is 0.875. The molecule has 1 atom stereocenters. The van der Waals surface area contributed by atoms with Crippen LogP contribution in [-0.2, 0) is 0 Å². The number of benzene rings is 1. The number of hydrogen-bond donors (Lipinski definition) is 2. The van der Waals surface area contributed by atoms with Gasteiger partial charge in [0.25, 0.3) is 0 Å². The fraction of sp³-hybridized carbons (Fsp3) is 0.538. The molecule has 0 saturated carbocycles. The van der Waals surface area contributed by atoms with Crippen LogP contribution in [0.15, 0.2) is 22.7 Å². The average molecular weight is 304 g/mol. The summed E-state index contributed by atoms with van der Waals surface area (Å²) in [5.74, 6) is -0.253. The molecule has 0 aliphatic heterocycles. The van der Waals surface area contributed by atoms with Gasteiger partial charge in [-0.1, -0.05) is 19.9 Å². The largest absolute Gasteiger partial charge is 0.396 e. The Kier molecular flexibility index (Phi) is 5.10. The van der Waals surface area contributed by atoms with Crippen molar-refractivity contribution in [2.75, 3.05) is 13.2 Å². The standard InChI is InChI=1S/C13H19BrFNO/c1-9(16-7-13(2,3)8-17)10-4-5-12(15)11(14)6-10/h4-6,9,16-17H,7-8H2,1-3H3. The number of aliphatic hydroxyl groups is 1. The molecule has 0 aliphatic rings. The summed E-state index contributed by atoms with van der Waals surface area (Å²) in [6.45, 7) is 6.85. The minimum absolute atomic E-state index is 0.123. The zero-order valence-corrected chi connectivity index (χ0v) is 12.0. The molecule has 0 heterocycles. The summed E-state index contributed by atoms with van der Waals surface area (Å²) in [5.41, 5.74) is 0.873. The highest BCUT2D eigenvalue weighted by Crippen LogP contribution is 2.22. The van der Waals surface area contributed by atoms with Gasteiger partial charge in [-0.2, -0.15) is 0 Å². The predicted molar refractivity (Wildman–Crippen MR) is 71.4 cm³/mol. The van der Waals surface area contributed by atoms with Gasteiger partial charge in [0.15, 0.2) is 0 Å². The van der Waals surface area contributed by atoms with Crippen LogP contribution in [0.5, 0.6) is 0 Å². The Bertz CT molecular complexity index is 382. The van der Waals surface area contributed by atoms with Crippen molar-refractivity contribution in [3.8, 4) is 0 Å². The Morgan fingerprint density at radius 3 is 2.65 bits per heavy atom. The van der Waals surface area contributed by atoms with Gasteiger partial charge < -0.3 is 10.4 Å². The monoisotopic (exact) mass is 303 g/mol. The zero-order chi connectivity index (χ0) is 13.1. The molecule has 0 aliphatic carbocycles. The van der Waals surface area contributed by atoms with Crippen molar-refractivity contribution >= 4 is 15.9 Å². The van der Waals surface area contributed by atoms with E-state index < -0.39 is 0 Å². The molecule has 1 aromatic carbocycles. The minimum atomic E-state index is -0.253. The number of nitrogens with one attached hydrogen (secondary N) is 1. The molecule has 0 bridgehead atoms. The van der Waals surface area contributed by atoms with Crippen molar-refractivity contribution in [1.29, 1.82) is 0 Å². The molecule has 0 spiro atoms. The Labute approximate surface area is 110 Å². The second kappa shape index (κ2) is 5.94. The summed E-state index contributed by atoms with van der Waals surface area (Å²) in [6.07, 6.45) is 0. The molecule has 4 heteroatoms.